The van der Waals surface area contributed by atoms with E-state index >= 15 is 0 Å². The number of rotatable bonds is 4. The van der Waals surface area contributed by atoms with Crippen LogP contribution in [0.2, 0.25) is 0 Å². The van der Waals surface area contributed by atoms with Crippen LogP contribution in [0, 0.1) is 0 Å². The van der Waals surface area contributed by atoms with Crippen molar-refractivity contribution < 1.29 is 4.79 Å². The lowest BCUT2D eigenvalue weighted by molar-refractivity contribution is -0.117. The predicted molar refractivity (Wildman–Crippen MR) is 141 cm³/mol. The Balaban J connectivity index is 1.15. The minimum absolute atomic E-state index is 0.132. The Morgan fingerprint density at radius 2 is 2.11 bits per heavy atom. The zero-order chi connectivity index (χ0) is 25.1. The van der Waals surface area contributed by atoms with Gasteiger partial charge in [0.1, 0.15) is 21.3 Å². The average Bonchev–Trinajstić information content (AvgIpc) is 3.58. The Hall–Kier alpha value is -4.42. The first kappa shape index (κ1) is 21.8. The molecule has 0 aliphatic carbocycles. The van der Waals surface area contributed by atoms with E-state index in [9.17, 15) is 9.59 Å². The summed E-state index contributed by atoms with van der Waals surface area (Å²) in [4.78, 5) is 41.3. The molecule has 6 aromatic rings. The third kappa shape index (κ3) is 3.77. The van der Waals surface area contributed by atoms with E-state index in [1.165, 1.54) is 22.5 Å². The summed E-state index contributed by atoms with van der Waals surface area (Å²) in [5.74, 6) is -0.132. The van der Waals surface area contributed by atoms with Crippen molar-refractivity contribution in [2.45, 2.75) is 13.0 Å². The monoisotopic (exact) mass is 511 g/mol. The zero-order valence-corrected chi connectivity index (χ0v) is 20.6. The summed E-state index contributed by atoms with van der Waals surface area (Å²) in [7, 11) is 1.86. The lowest BCUT2D eigenvalue weighted by Crippen LogP contribution is -2.37. The topological polar surface area (TPSA) is 126 Å². The highest BCUT2D eigenvalue weighted by atomic mass is 32.1. The van der Waals surface area contributed by atoms with Gasteiger partial charge >= 0.3 is 0 Å². The molecule has 0 saturated carbocycles. The summed E-state index contributed by atoms with van der Waals surface area (Å²) in [5, 5.41) is 12.3. The number of hydrogen-bond acceptors (Lipinski definition) is 8. The number of carbonyl (C=O) groups excluding carboxylic acids is 1. The maximum atomic E-state index is 13.1. The molecule has 7 rings (SSSR count). The van der Waals surface area contributed by atoms with Gasteiger partial charge in [0.25, 0.3) is 5.56 Å². The normalized spacial score (nSPS) is 14.0. The molecule has 0 saturated heterocycles. The number of aromatic nitrogens is 7. The number of amides is 1. The second kappa shape index (κ2) is 8.32. The largest absolute Gasteiger partial charge is 0.324 e. The molecule has 0 aromatic carbocycles. The Morgan fingerprint density at radius 3 is 2.97 bits per heavy atom. The maximum absolute atomic E-state index is 13.1. The molecule has 37 heavy (non-hydrogen) atoms. The maximum Gasteiger partial charge on any atom is 0.261 e. The molecule has 6 aromatic heterocycles. The zero-order valence-electron chi connectivity index (χ0n) is 19.8. The van der Waals surface area contributed by atoms with Gasteiger partial charge in [-0.3, -0.25) is 29.1 Å². The number of hydrogen-bond donors (Lipinski definition) is 2. The predicted octanol–water partition coefficient (Wildman–Crippen LogP) is 2.58. The van der Waals surface area contributed by atoms with Gasteiger partial charge in [-0.1, -0.05) is 0 Å². The van der Waals surface area contributed by atoms with E-state index in [0.29, 0.717) is 34.2 Å². The number of aryl methyl sites for hydroxylation is 1. The van der Waals surface area contributed by atoms with Crippen molar-refractivity contribution in [1.82, 2.24) is 39.2 Å². The van der Waals surface area contributed by atoms with E-state index in [0.717, 1.165) is 28.2 Å². The Kier molecular flexibility index (Phi) is 4.91. The molecule has 0 unspecified atom stereocenters. The molecule has 0 spiro atoms. The van der Waals surface area contributed by atoms with E-state index in [-0.39, 0.29) is 18.0 Å². The summed E-state index contributed by atoms with van der Waals surface area (Å²) in [6.45, 7) is 1.78. The third-order valence-corrected chi connectivity index (χ3v) is 7.78. The number of carbonyl (C=O) groups is 1. The van der Waals surface area contributed by atoms with Crippen LogP contribution in [0.3, 0.4) is 0 Å². The minimum atomic E-state index is -0.246. The van der Waals surface area contributed by atoms with Crippen molar-refractivity contribution in [1.29, 1.82) is 0 Å². The molecule has 184 valence electrons. The van der Waals surface area contributed by atoms with Crippen LogP contribution < -0.4 is 10.9 Å². The van der Waals surface area contributed by atoms with Crippen LogP contribution >= 0.6 is 11.3 Å². The number of aromatic amines is 1. The fourth-order valence-corrected chi connectivity index (χ4v) is 5.94. The Bertz CT molecular complexity index is 1900. The molecule has 0 fully saturated rings. The summed E-state index contributed by atoms with van der Waals surface area (Å²) in [6.07, 6.45) is 11.8. The van der Waals surface area contributed by atoms with Crippen molar-refractivity contribution >= 4 is 49.7 Å². The van der Waals surface area contributed by atoms with Gasteiger partial charge < -0.3 is 10.3 Å². The van der Waals surface area contributed by atoms with Crippen molar-refractivity contribution in [2.75, 3.05) is 18.4 Å². The van der Waals surface area contributed by atoms with E-state index in [4.69, 9.17) is 0 Å². The number of fused-ring (bicyclic) bond motifs is 6. The fourth-order valence-electron chi connectivity index (χ4n) is 4.87. The average molecular weight is 512 g/mol. The van der Waals surface area contributed by atoms with Crippen LogP contribution in [0.25, 0.3) is 37.2 Å². The standard InChI is InChI=1S/C25H21N9O2S/c1-32-10-16(8-28-32)19-12-34-25(37-19)21-23(31-34)22-18(30-24(21)36)6-17(9-27-22)29-20(35)13-33-5-3-14-7-26-4-2-15(14)11-33/h2,4,6-10,12H,3,5,11,13H2,1H3,(H,29,35)(H,30,36). The van der Waals surface area contributed by atoms with E-state index in [1.54, 1.807) is 33.9 Å². The van der Waals surface area contributed by atoms with Crippen LogP contribution in [0.5, 0.6) is 0 Å². The number of H-pyrrole nitrogens is 1. The van der Waals surface area contributed by atoms with E-state index in [1.807, 2.05) is 31.7 Å². The number of anilines is 1. The number of thiazole rings is 1. The van der Waals surface area contributed by atoms with Crippen molar-refractivity contribution in [3.05, 3.63) is 70.8 Å². The van der Waals surface area contributed by atoms with Crippen LogP contribution in [0.1, 0.15) is 11.1 Å². The van der Waals surface area contributed by atoms with E-state index < -0.39 is 0 Å². The second-order valence-electron chi connectivity index (χ2n) is 9.20. The van der Waals surface area contributed by atoms with Gasteiger partial charge in [0, 0.05) is 50.5 Å². The highest BCUT2D eigenvalue weighted by Crippen LogP contribution is 2.33. The minimum Gasteiger partial charge on any atom is -0.324 e. The van der Waals surface area contributed by atoms with Gasteiger partial charge in [0.05, 0.1) is 35.0 Å². The van der Waals surface area contributed by atoms with Crippen LogP contribution in [0.4, 0.5) is 5.69 Å². The first-order valence-corrected chi connectivity index (χ1v) is 12.6. The molecular formula is C25H21N9O2S. The number of nitrogens with zero attached hydrogens (tertiary/aromatic N) is 7. The molecule has 1 aliphatic heterocycles. The SMILES string of the molecule is Cn1cc(-c2cn3nc4c5ncc(NC(=O)CN6CCc7cnccc7C6)cc5[nH]c(=O)c4c3s2)cn1. The fraction of sp³-hybridized carbons (Fsp3) is 0.200. The summed E-state index contributed by atoms with van der Waals surface area (Å²) in [5.41, 5.74) is 5.31. The Morgan fingerprint density at radius 1 is 1.19 bits per heavy atom. The lowest BCUT2D eigenvalue weighted by atomic mass is 10.0. The molecule has 1 amide bonds. The second-order valence-corrected chi connectivity index (χ2v) is 10.2. The van der Waals surface area contributed by atoms with Gasteiger partial charge in [-0.25, -0.2) is 4.52 Å². The molecular weight excluding hydrogens is 490 g/mol. The van der Waals surface area contributed by atoms with Gasteiger partial charge in [0.15, 0.2) is 0 Å². The molecule has 0 bridgehead atoms. The van der Waals surface area contributed by atoms with E-state index in [2.05, 4.69) is 35.4 Å². The molecule has 0 radical (unpaired) electrons. The molecule has 1 aliphatic rings. The van der Waals surface area contributed by atoms with Crippen molar-refractivity contribution in [3.8, 4) is 10.4 Å². The molecule has 2 N–H and O–H groups in total. The third-order valence-electron chi connectivity index (χ3n) is 6.64. The number of nitrogens with one attached hydrogen (secondary N) is 2. The quantitative estimate of drug-likeness (QED) is 0.373. The van der Waals surface area contributed by atoms with Crippen LogP contribution in [0.15, 0.2) is 54.1 Å². The number of pyridine rings is 3. The summed E-state index contributed by atoms with van der Waals surface area (Å²) in [6, 6.07) is 3.73. The molecule has 7 heterocycles. The van der Waals surface area contributed by atoms with Gasteiger partial charge in [-0.05, 0) is 29.7 Å². The van der Waals surface area contributed by atoms with Crippen molar-refractivity contribution in [3.63, 3.8) is 0 Å². The summed E-state index contributed by atoms with van der Waals surface area (Å²) >= 11 is 1.48. The highest BCUT2D eigenvalue weighted by Gasteiger charge is 2.20. The van der Waals surface area contributed by atoms with Gasteiger partial charge in [0.2, 0.25) is 5.91 Å². The lowest BCUT2D eigenvalue weighted by Gasteiger charge is -2.27. The smallest absolute Gasteiger partial charge is 0.261 e. The van der Waals surface area contributed by atoms with Gasteiger partial charge in [-0.15, -0.1) is 11.3 Å². The summed E-state index contributed by atoms with van der Waals surface area (Å²) < 4.78 is 3.45. The van der Waals surface area contributed by atoms with Gasteiger partial charge in [-0.2, -0.15) is 10.2 Å². The highest BCUT2D eigenvalue weighted by molar-refractivity contribution is 7.21. The van der Waals surface area contributed by atoms with Crippen molar-refractivity contribution in [2.24, 2.45) is 7.05 Å². The molecule has 12 heteroatoms. The first-order chi connectivity index (χ1) is 18.0. The molecule has 0 atom stereocenters. The first-order valence-electron chi connectivity index (χ1n) is 11.8. The van der Waals surface area contributed by atoms with Crippen LogP contribution in [-0.4, -0.2) is 58.2 Å². The Labute approximate surface area is 213 Å². The molecule has 11 nitrogen and oxygen atoms in total. The van der Waals surface area contributed by atoms with Crippen LogP contribution in [-0.2, 0) is 24.8 Å².